The van der Waals surface area contributed by atoms with Gasteiger partial charge in [-0.15, -0.1) is 0 Å². The van der Waals surface area contributed by atoms with Gasteiger partial charge >= 0.3 is 6.03 Å². The SMILES string of the molecule is C[C@]1(c2cc3ccccc3o2)NC(=O)N(CN2CC=C(c3ccccc3)CC2)C1=O. The summed E-state index contributed by atoms with van der Waals surface area (Å²) in [6, 6.07) is 19.3. The van der Waals surface area contributed by atoms with E-state index in [4.69, 9.17) is 4.42 Å². The molecule has 3 amide bonds. The Morgan fingerprint density at radius 1 is 1.07 bits per heavy atom. The van der Waals surface area contributed by atoms with Crippen molar-refractivity contribution < 1.29 is 14.0 Å². The Morgan fingerprint density at radius 2 is 1.83 bits per heavy atom. The van der Waals surface area contributed by atoms with Crippen molar-refractivity contribution in [1.29, 1.82) is 0 Å². The van der Waals surface area contributed by atoms with Crippen LogP contribution in [0.4, 0.5) is 4.79 Å². The van der Waals surface area contributed by atoms with Gasteiger partial charge in [0.2, 0.25) is 0 Å². The number of hydrogen-bond acceptors (Lipinski definition) is 4. The summed E-state index contributed by atoms with van der Waals surface area (Å²) in [6.45, 7) is 3.45. The smallest absolute Gasteiger partial charge is 0.326 e. The molecule has 152 valence electrons. The molecule has 1 fully saturated rings. The van der Waals surface area contributed by atoms with Crippen molar-refractivity contribution in [1.82, 2.24) is 15.1 Å². The molecule has 6 nitrogen and oxygen atoms in total. The first kappa shape index (κ1) is 18.6. The second kappa shape index (κ2) is 7.15. The molecular formula is C24H23N3O3. The molecule has 1 N–H and O–H groups in total. The van der Waals surface area contributed by atoms with Crippen molar-refractivity contribution in [2.24, 2.45) is 0 Å². The van der Waals surface area contributed by atoms with Crippen LogP contribution < -0.4 is 5.32 Å². The summed E-state index contributed by atoms with van der Waals surface area (Å²) >= 11 is 0. The summed E-state index contributed by atoms with van der Waals surface area (Å²) in [6.07, 6.45) is 3.06. The number of amides is 3. The zero-order chi connectivity index (χ0) is 20.7. The van der Waals surface area contributed by atoms with Gasteiger partial charge in [0.25, 0.3) is 5.91 Å². The van der Waals surface area contributed by atoms with Gasteiger partial charge in [-0.3, -0.25) is 9.69 Å². The second-order valence-electron chi connectivity index (χ2n) is 8.00. The average molecular weight is 401 g/mol. The molecule has 30 heavy (non-hydrogen) atoms. The molecule has 6 heteroatoms. The number of imide groups is 1. The van der Waals surface area contributed by atoms with E-state index in [1.165, 1.54) is 16.0 Å². The van der Waals surface area contributed by atoms with Crippen molar-refractivity contribution in [2.75, 3.05) is 19.8 Å². The van der Waals surface area contributed by atoms with Crippen LogP contribution in [-0.4, -0.2) is 41.5 Å². The maximum Gasteiger partial charge on any atom is 0.326 e. The fraction of sp³-hybridized carbons (Fsp3) is 0.250. The maximum atomic E-state index is 13.2. The van der Waals surface area contributed by atoms with Crippen LogP contribution in [0.1, 0.15) is 24.7 Å². The number of rotatable bonds is 4. The van der Waals surface area contributed by atoms with Crippen molar-refractivity contribution in [3.05, 3.63) is 78.1 Å². The predicted octanol–water partition coefficient (Wildman–Crippen LogP) is 3.95. The highest BCUT2D eigenvalue weighted by Crippen LogP contribution is 2.33. The van der Waals surface area contributed by atoms with Gasteiger partial charge in [-0.25, -0.2) is 9.69 Å². The van der Waals surface area contributed by atoms with Gasteiger partial charge in [0.1, 0.15) is 11.3 Å². The third-order valence-corrected chi connectivity index (χ3v) is 5.97. The largest absolute Gasteiger partial charge is 0.458 e. The minimum absolute atomic E-state index is 0.263. The number of urea groups is 1. The molecule has 0 radical (unpaired) electrons. The molecule has 0 spiro atoms. The summed E-state index contributed by atoms with van der Waals surface area (Å²) in [5, 5.41) is 3.74. The van der Waals surface area contributed by atoms with E-state index in [2.05, 4.69) is 28.4 Å². The van der Waals surface area contributed by atoms with E-state index < -0.39 is 5.54 Å². The fourth-order valence-electron chi connectivity index (χ4n) is 4.17. The van der Waals surface area contributed by atoms with Crippen molar-refractivity contribution in [3.63, 3.8) is 0 Å². The van der Waals surface area contributed by atoms with Crippen LogP contribution in [0.5, 0.6) is 0 Å². The second-order valence-corrected chi connectivity index (χ2v) is 8.00. The Balaban J connectivity index is 1.32. The molecule has 3 heterocycles. The summed E-state index contributed by atoms with van der Waals surface area (Å²) in [5.74, 6) is 0.166. The Kier molecular flexibility index (Phi) is 4.44. The molecule has 0 unspecified atom stereocenters. The first-order valence-electron chi connectivity index (χ1n) is 10.1. The molecule has 2 aromatic carbocycles. The molecule has 5 rings (SSSR count). The number of furan rings is 1. The van der Waals surface area contributed by atoms with Gasteiger partial charge < -0.3 is 9.73 Å². The van der Waals surface area contributed by atoms with Crippen molar-refractivity contribution >= 4 is 28.5 Å². The Hall–Kier alpha value is -3.38. The van der Waals surface area contributed by atoms with Gasteiger partial charge in [-0.1, -0.05) is 54.6 Å². The molecule has 2 aliphatic rings. The summed E-state index contributed by atoms with van der Waals surface area (Å²) < 4.78 is 5.89. The lowest BCUT2D eigenvalue weighted by atomic mass is 9.98. The lowest BCUT2D eigenvalue weighted by molar-refractivity contribution is -0.133. The quantitative estimate of drug-likeness (QED) is 0.673. The first-order valence-corrected chi connectivity index (χ1v) is 10.1. The average Bonchev–Trinajstić information content (AvgIpc) is 3.31. The van der Waals surface area contributed by atoms with Gasteiger partial charge in [-0.2, -0.15) is 0 Å². The topological polar surface area (TPSA) is 65.8 Å². The van der Waals surface area contributed by atoms with E-state index in [1.54, 1.807) is 6.92 Å². The number of hydrogen-bond donors (Lipinski definition) is 1. The molecule has 1 saturated heterocycles. The third kappa shape index (κ3) is 3.09. The van der Waals surface area contributed by atoms with E-state index in [0.717, 1.165) is 18.4 Å². The van der Waals surface area contributed by atoms with Crippen LogP contribution in [-0.2, 0) is 10.3 Å². The number of carbonyl (C=O) groups is 2. The van der Waals surface area contributed by atoms with E-state index in [9.17, 15) is 9.59 Å². The highest BCUT2D eigenvalue weighted by atomic mass is 16.3. The minimum atomic E-state index is -1.20. The maximum absolute atomic E-state index is 13.2. The minimum Gasteiger partial charge on any atom is -0.458 e. The number of nitrogens with zero attached hydrogens (tertiary/aromatic N) is 2. The van der Waals surface area contributed by atoms with Crippen LogP contribution in [0.2, 0.25) is 0 Å². The Morgan fingerprint density at radius 3 is 2.57 bits per heavy atom. The zero-order valence-corrected chi connectivity index (χ0v) is 16.8. The van der Waals surface area contributed by atoms with Crippen LogP contribution in [0.25, 0.3) is 16.5 Å². The van der Waals surface area contributed by atoms with Crippen LogP contribution >= 0.6 is 0 Å². The lowest BCUT2D eigenvalue weighted by Crippen LogP contribution is -2.44. The van der Waals surface area contributed by atoms with E-state index in [0.29, 0.717) is 17.9 Å². The fourth-order valence-corrected chi connectivity index (χ4v) is 4.17. The zero-order valence-electron chi connectivity index (χ0n) is 16.8. The lowest BCUT2D eigenvalue weighted by Gasteiger charge is -2.29. The monoisotopic (exact) mass is 401 g/mol. The molecule has 3 aromatic rings. The van der Waals surface area contributed by atoms with E-state index >= 15 is 0 Å². The summed E-state index contributed by atoms with van der Waals surface area (Å²) in [4.78, 5) is 29.3. The predicted molar refractivity (Wildman–Crippen MR) is 114 cm³/mol. The number of fused-ring (bicyclic) bond motifs is 1. The molecular weight excluding hydrogens is 378 g/mol. The van der Waals surface area contributed by atoms with Crippen LogP contribution in [0.3, 0.4) is 0 Å². The normalized spacial score (nSPS) is 22.4. The van der Waals surface area contributed by atoms with Crippen LogP contribution in [0.15, 0.2) is 71.2 Å². The molecule has 0 bridgehead atoms. The standard InChI is InChI=1S/C24H23N3O3/c1-24(21-15-19-9-5-6-10-20(19)30-21)22(28)27(23(29)25-24)16-26-13-11-18(12-14-26)17-7-3-2-4-8-17/h2-11,15H,12-14,16H2,1H3,(H,25,29)/t24-/m1/s1. The molecule has 0 saturated carbocycles. The number of carbonyl (C=O) groups excluding carboxylic acids is 2. The van der Waals surface area contributed by atoms with Gasteiger partial charge in [-0.05, 0) is 36.6 Å². The van der Waals surface area contributed by atoms with E-state index in [1.807, 2.05) is 48.5 Å². The number of nitrogens with one attached hydrogen (secondary N) is 1. The number of benzene rings is 2. The number of para-hydroxylation sites is 1. The van der Waals surface area contributed by atoms with Gasteiger partial charge in [0, 0.05) is 18.5 Å². The molecule has 0 aliphatic carbocycles. The molecule has 1 aromatic heterocycles. The first-order chi connectivity index (χ1) is 14.5. The summed E-state index contributed by atoms with van der Waals surface area (Å²) in [5.41, 5.74) is 2.03. The van der Waals surface area contributed by atoms with Gasteiger partial charge in [0.15, 0.2) is 5.54 Å². The van der Waals surface area contributed by atoms with E-state index in [-0.39, 0.29) is 18.6 Å². The Bertz CT molecular complexity index is 1120. The Labute approximate surface area is 174 Å². The third-order valence-electron chi connectivity index (χ3n) is 5.97. The van der Waals surface area contributed by atoms with Crippen LogP contribution in [0, 0.1) is 0 Å². The van der Waals surface area contributed by atoms with Crippen molar-refractivity contribution in [2.45, 2.75) is 18.9 Å². The molecule has 1 atom stereocenters. The van der Waals surface area contributed by atoms with Gasteiger partial charge in [0.05, 0.1) is 6.67 Å². The molecule has 2 aliphatic heterocycles. The summed E-state index contributed by atoms with van der Waals surface area (Å²) in [7, 11) is 0. The van der Waals surface area contributed by atoms with Crippen molar-refractivity contribution in [3.8, 4) is 0 Å². The highest BCUT2D eigenvalue weighted by molar-refractivity contribution is 6.07. The highest BCUT2D eigenvalue weighted by Gasteiger charge is 2.51.